The van der Waals surface area contributed by atoms with Gasteiger partial charge in [-0.25, -0.2) is 0 Å². The Labute approximate surface area is 130 Å². The van der Waals surface area contributed by atoms with E-state index in [1.807, 2.05) is 0 Å². The van der Waals surface area contributed by atoms with Crippen molar-refractivity contribution >= 4 is 0 Å². The second-order valence-corrected chi connectivity index (χ2v) is 7.46. The molecule has 2 rings (SSSR count). The minimum atomic E-state index is -0.365. The molecule has 0 spiro atoms. The first-order valence-corrected chi connectivity index (χ1v) is 9.18. The SMILES string of the molecule is CC1CCC(OCC(O)CN[C@H](C)C2CCCCC2)CC1. The van der Waals surface area contributed by atoms with Gasteiger partial charge in [0.2, 0.25) is 0 Å². The maximum atomic E-state index is 10.1. The standard InChI is InChI=1S/C18H35NO2/c1-14-8-10-18(11-9-14)21-13-17(20)12-19-15(2)16-6-4-3-5-7-16/h14-20H,3-13H2,1-2H3/t14?,15-,17?,18?/m1/s1. The van der Waals surface area contributed by atoms with E-state index in [1.54, 1.807) is 0 Å². The second-order valence-electron chi connectivity index (χ2n) is 7.46. The Morgan fingerprint density at radius 2 is 1.71 bits per heavy atom. The van der Waals surface area contributed by atoms with Crippen LogP contribution in [-0.2, 0) is 4.74 Å². The molecule has 2 aliphatic rings. The largest absolute Gasteiger partial charge is 0.389 e. The van der Waals surface area contributed by atoms with Crippen molar-refractivity contribution in [1.82, 2.24) is 5.32 Å². The molecule has 0 aromatic carbocycles. The minimum Gasteiger partial charge on any atom is -0.389 e. The fourth-order valence-corrected chi connectivity index (χ4v) is 3.83. The number of hydrogen-bond acceptors (Lipinski definition) is 3. The van der Waals surface area contributed by atoms with Crippen LogP contribution in [0.5, 0.6) is 0 Å². The summed E-state index contributed by atoms with van der Waals surface area (Å²) >= 11 is 0. The number of ether oxygens (including phenoxy) is 1. The summed E-state index contributed by atoms with van der Waals surface area (Å²) in [6, 6.07) is 0.524. The molecule has 124 valence electrons. The first-order chi connectivity index (χ1) is 10.1. The molecule has 0 amide bonds. The van der Waals surface area contributed by atoms with Gasteiger partial charge in [0.1, 0.15) is 0 Å². The van der Waals surface area contributed by atoms with Gasteiger partial charge in [-0.1, -0.05) is 26.2 Å². The maximum absolute atomic E-state index is 10.1. The molecule has 21 heavy (non-hydrogen) atoms. The zero-order valence-corrected chi connectivity index (χ0v) is 14.0. The molecule has 3 nitrogen and oxygen atoms in total. The molecule has 0 saturated heterocycles. The van der Waals surface area contributed by atoms with Crippen LogP contribution in [0.15, 0.2) is 0 Å². The Balaban J connectivity index is 1.55. The number of nitrogens with one attached hydrogen (secondary N) is 1. The molecule has 2 atom stereocenters. The Morgan fingerprint density at radius 1 is 1.05 bits per heavy atom. The van der Waals surface area contributed by atoms with Gasteiger partial charge in [-0.2, -0.15) is 0 Å². The maximum Gasteiger partial charge on any atom is 0.0897 e. The van der Waals surface area contributed by atoms with Gasteiger partial charge >= 0.3 is 0 Å². The summed E-state index contributed by atoms with van der Waals surface area (Å²) in [4.78, 5) is 0. The Kier molecular flexibility index (Phi) is 7.48. The van der Waals surface area contributed by atoms with Crippen molar-refractivity contribution in [2.75, 3.05) is 13.2 Å². The highest BCUT2D eigenvalue weighted by atomic mass is 16.5. The van der Waals surface area contributed by atoms with Crippen molar-refractivity contribution in [1.29, 1.82) is 0 Å². The third kappa shape index (κ3) is 6.25. The molecule has 0 aliphatic heterocycles. The summed E-state index contributed by atoms with van der Waals surface area (Å²) < 4.78 is 5.88. The Hall–Kier alpha value is -0.120. The lowest BCUT2D eigenvalue weighted by Crippen LogP contribution is -2.41. The molecule has 1 unspecified atom stereocenters. The average molecular weight is 297 g/mol. The van der Waals surface area contributed by atoms with E-state index in [4.69, 9.17) is 4.74 Å². The summed E-state index contributed by atoms with van der Waals surface area (Å²) in [6.07, 6.45) is 11.8. The number of aliphatic hydroxyl groups excluding tert-OH is 1. The van der Waals surface area contributed by atoms with E-state index in [1.165, 1.54) is 57.8 Å². The smallest absolute Gasteiger partial charge is 0.0897 e. The quantitative estimate of drug-likeness (QED) is 0.755. The first-order valence-electron chi connectivity index (χ1n) is 9.18. The molecule has 0 heterocycles. The molecule has 3 heteroatoms. The van der Waals surface area contributed by atoms with Crippen molar-refractivity contribution in [3.05, 3.63) is 0 Å². The topological polar surface area (TPSA) is 41.5 Å². The van der Waals surface area contributed by atoms with E-state index >= 15 is 0 Å². The number of aliphatic hydroxyl groups is 1. The van der Waals surface area contributed by atoms with Crippen LogP contribution in [0.4, 0.5) is 0 Å². The molecule has 0 aromatic heterocycles. The highest BCUT2D eigenvalue weighted by Crippen LogP contribution is 2.27. The summed E-state index contributed by atoms with van der Waals surface area (Å²) in [5.41, 5.74) is 0. The predicted molar refractivity (Wildman–Crippen MR) is 87.4 cm³/mol. The van der Waals surface area contributed by atoms with Gasteiger partial charge < -0.3 is 15.2 Å². The van der Waals surface area contributed by atoms with Crippen LogP contribution in [0.3, 0.4) is 0 Å². The Bertz CT molecular complexity index is 270. The van der Waals surface area contributed by atoms with Crippen LogP contribution in [-0.4, -0.2) is 36.5 Å². The third-order valence-electron chi connectivity index (χ3n) is 5.52. The van der Waals surface area contributed by atoms with Crippen LogP contribution < -0.4 is 5.32 Å². The van der Waals surface area contributed by atoms with Crippen molar-refractivity contribution in [3.8, 4) is 0 Å². The van der Waals surface area contributed by atoms with Crippen LogP contribution in [0.25, 0.3) is 0 Å². The molecule has 0 aromatic rings. The third-order valence-corrected chi connectivity index (χ3v) is 5.52. The van der Waals surface area contributed by atoms with Crippen molar-refractivity contribution in [3.63, 3.8) is 0 Å². The molecular weight excluding hydrogens is 262 g/mol. The first kappa shape index (κ1) is 17.2. The minimum absolute atomic E-state index is 0.365. The van der Waals surface area contributed by atoms with Crippen molar-refractivity contribution in [2.45, 2.75) is 89.9 Å². The summed E-state index contributed by atoms with van der Waals surface area (Å²) in [7, 11) is 0. The van der Waals surface area contributed by atoms with Gasteiger partial charge in [-0.15, -0.1) is 0 Å². The average Bonchev–Trinajstić information content (AvgIpc) is 2.53. The molecule has 2 N–H and O–H groups in total. The predicted octanol–water partition coefficient (Wildman–Crippen LogP) is 3.50. The second kappa shape index (κ2) is 9.12. The lowest BCUT2D eigenvalue weighted by atomic mass is 9.84. The molecule has 0 radical (unpaired) electrons. The van der Waals surface area contributed by atoms with Gasteiger partial charge in [-0.3, -0.25) is 0 Å². The van der Waals surface area contributed by atoms with Gasteiger partial charge in [0.05, 0.1) is 18.8 Å². The highest BCUT2D eigenvalue weighted by molar-refractivity contribution is 4.77. The molecule has 0 bridgehead atoms. The van der Waals surface area contributed by atoms with Gasteiger partial charge in [-0.05, 0) is 57.3 Å². The van der Waals surface area contributed by atoms with E-state index in [0.29, 0.717) is 25.3 Å². The molecular formula is C18H35NO2. The lowest BCUT2D eigenvalue weighted by molar-refractivity contribution is -0.0287. The van der Waals surface area contributed by atoms with Crippen molar-refractivity contribution < 1.29 is 9.84 Å². The fourth-order valence-electron chi connectivity index (χ4n) is 3.83. The van der Waals surface area contributed by atoms with Crippen molar-refractivity contribution in [2.24, 2.45) is 11.8 Å². The number of rotatable bonds is 7. The summed E-state index contributed by atoms with van der Waals surface area (Å²) in [5.74, 6) is 1.65. The molecule has 2 fully saturated rings. The van der Waals surface area contributed by atoms with Gasteiger partial charge in [0.25, 0.3) is 0 Å². The summed E-state index contributed by atoms with van der Waals surface area (Å²) in [6.45, 7) is 5.75. The lowest BCUT2D eigenvalue weighted by Gasteiger charge is -2.30. The Morgan fingerprint density at radius 3 is 2.38 bits per heavy atom. The zero-order valence-electron chi connectivity index (χ0n) is 14.0. The highest BCUT2D eigenvalue weighted by Gasteiger charge is 2.22. The van der Waals surface area contributed by atoms with Crippen LogP contribution in [0, 0.1) is 11.8 Å². The molecule has 2 saturated carbocycles. The molecule has 2 aliphatic carbocycles. The monoisotopic (exact) mass is 297 g/mol. The van der Waals surface area contributed by atoms with Gasteiger partial charge in [0.15, 0.2) is 0 Å². The van der Waals surface area contributed by atoms with E-state index in [9.17, 15) is 5.11 Å². The zero-order chi connectivity index (χ0) is 15.1. The summed E-state index contributed by atoms with van der Waals surface area (Å²) in [5, 5.41) is 13.6. The fraction of sp³-hybridized carbons (Fsp3) is 1.00. The number of hydrogen-bond donors (Lipinski definition) is 2. The van der Waals surface area contributed by atoms with E-state index in [2.05, 4.69) is 19.2 Å². The van der Waals surface area contributed by atoms with E-state index in [0.717, 1.165) is 11.8 Å². The van der Waals surface area contributed by atoms with Gasteiger partial charge in [0, 0.05) is 12.6 Å². The van der Waals surface area contributed by atoms with Crippen LogP contribution in [0.1, 0.15) is 71.6 Å². The normalized spacial score (nSPS) is 31.0. The van der Waals surface area contributed by atoms with Crippen LogP contribution in [0.2, 0.25) is 0 Å². The van der Waals surface area contributed by atoms with E-state index < -0.39 is 0 Å². The van der Waals surface area contributed by atoms with E-state index in [-0.39, 0.29) is 6.10 Å². The van der Waals surface area contributed by atoms with Crippen LogP contribution >= 0.6 is 0 Å².